The quantitative estimate of drug-likeness (QED) is 0.204. The molecule has 3 rings (SSSR count). The summed E-state index contributed by atoms with van der Waals surface area (Å²) in [5.41, 5.74) is -0.513. The molecule has 0 saturated carbocycles. The monoisotopic (exact) mass is 520 g/mol. The summed E-state index contributed by atoms with van der Waals surface area (Å²) in [6.45, 7) is 0. The predicted octanol–water partition coefficient (Wildman–Crippen LogP) is 4.16. The van der Waals surface area contributed by atoms with Gasteiger partial charge >= 0.3 is 12.4 Å². The second-order valence-electron chi connectivity index (χ2n) is 7.19. The van der Waals surface area contributed by atoms with Crippen molar-refractivity contribution in [2.24, 2.45) is 0 Å². The molecule has 0 saturated heterocycles. The predicted molar refractivity (Wildman–Crippen MR) is 118 cm³/mol. The number of anilines is 1. The van der Waals surface area contributed by atoms with Crippen molar-refractivity contribution in [3.63, 3.8) is 0 Å². The van der Waals surface area contributed by atoms with Crippen LogP contribution in [0.4, 0.5) is 32.2 Å². The van der Waals surface area contributed by atoms with Gasteiger partial charge in [-0.05, 0) is 48.5 Å². The Bertz CT molecular complexity index is 1390. The molecule has 13 heteroatoms. The Morgan fingerprint density at radius 3 is 2.19 bits per heavy atom. The number of carbonyl (C=O) groups is 3. The maximum Gasteiger partial charge on any atom is 0.417 e. The number of amides is 3. The summed E-state index contributed by atoms with van der Waals surface area (Å²) < 4.78 is 80.4. The number of aromatic nitrogens is 1. The summed E-state index contributed by atoms with van der Waals surface area (Å²) in [4.78, 5) is 38.7. The number of pyridine rings is 1. The van der Waals surface area contributed by atoms with Gasteiger partial charge in [-0.3, -0.25) is 25.2 Å². The fraction of sp³-hybridized carbons (Fsp3) is 0.0833. The standard InChI is InChI=1S/C24H14F6N4O3/c25-23(26,27)17-10-15(9-16(12-17)21(36)34-32-13-35)5-4-14-6-7-19(24(28,29)30)18(11-14)22(37)33-20-3-1-2-8-31-20/h1-3,6-13H,(H,32,35)(H,34,36)(H,31,33,37). The maximum absolute atomic E-state index is 13.5. The lowest BCUT2D eigenvalue weighted by Gasteiger charge is -2.13. The second kappa shape index (κ2) is 10.8. The van der Waals surface area contributed by atoms with Crippen LogP contribution in [0.2, 0.25) is 0 Å². The van der Waals surface area contributed by atoms with Crippen molar-refractivity contribution < 1.29 is 40.7 Å². The Morgan fingerprint density at radius 2 is 1.57 bits per heavy atom. The van der Waals surface area contributed by atoms with Gasteiger partial charge in [-0.2, -0.15) is 26.3 Å². The summed E-state index contributed by atoms with van der Waals surface area (Å²) in [7, 11) is 0. The molecular weight excluding hydrogens is 506 g/mol. The lowest BCUT2D eigenvalue weighted by Crippen LogP contribution is -2.36. The van der Waals surface area contributed by atoms with Gasteiger partial charge in [-0.15, -0.1) is 0 Å². The van der Waals surface area contributed by atoms with E-state index in [1.54, 1.807) is 5.43 Å². The van der Waals surface area contributed by atoms with Gasteiger partial charge < -0.3 is 5.32 Å². The van der Waals surface area contributed by atoms with Crippen LogP contribution in [0.15, 0.2) is 60.8 Å². The van der Waals surface area contributed by atoms with E-state index in [4.69, 9.17) is 0 Å². The first-order valence-corrected chi connectivity index (χ1v) is 10.1. The number of carbonyl (C=O) groups excluding carboxylic acids is 3. The number of halogens is 6. The minimum absolute atomic E-state index is 0.00375. The van der Waals surface area contributed by atoms with E-state index in [-0.39, 0.29) is 23.4 Å². The summed E-state index contributed by atoms with van der Waals surface area (Å²) in [5.74, 6) is 2.56. The summed E-state index contributed by atoms with van der Waals surface area (Å²) in [5, 5.41) is 2.23. The summed E-state index contributed by atoms with van der Waals surface area (Å²) in [6.07, 6.45) is -8.32. The molecule has 0 aliphatic heterocycles. The van der Waals surface area contributed by atoms with Crippen molar-refractivity contribution in [3.05, 3.63) is 94.2 Å². The molecule has 0 spiro atoms. The van der Waals surface area contributed by atoms with Crippen molar-refractivity contribution in [3.8, 4) is 11.8 Å². The Morgan fingerprint density at radius 1 is 0.838 bits per heavy atom. The topological polar surface area (TPSA) is 100 Å². The van der Waals surface area contributed by atoms with Crippen LogP contribution in [0.3, 0.4) is 0 Å². The molecule has 3 aromatic rings. The highest BCUT2D eigenvalue weighted by Crippen LogP contribution is 2.33. The fourth-order valence-corrected chi connectivity index (χ4v) is 2.98. The van der Waals surface area contributed by atoms with Gasteiger partial charge in [-0.1, -0.05) is 17.9 Å². The molecule has 7 nitrogen and oxygen atoms in total. The Labute approximate surface area is 204 Å². The van der Waals surface area contributed by atoms with Gasteiger partial charge in [0.25, 0.3) is 11.8 Å². The number of nitrogens with one attached hydrogen (secondary N) is 3. The fourth-order valence-electron chi connectivity index (χ4n) is 2.98. The molecule has 0 aliphatic carbocycles. The highest BCUT2D eigenvalue weighted by Gasteiger charge is 2.35. The molecule has 0 radical (unpaired) electrons. The van der Waals surface area contributed by atoms with Gasteiger partial charge in [0, 0.05) is 22.9 Å². The van der Waals surface area contributed by atoms with E-state index >= 15 is 0 Å². The highest BCUT2D eigenvalue weighted by atomic mass is 19.4. The second-order valence-corrected chi connectivity index (χ2v) is 7.19. The molecule has 3 amide bonds. The smallest absolute Gasteiger partial charge is 0.307 e. The van der Waals surface area contributed by atoms with Gasteiger partial charge in [0.1, 0.15) is 5.82 Å². The first kappa shape index (κ1) is 26.7. The van der Waals surface area contributed by atoms with Gasteiger partial charge in [-0.25, -0.2) is 4.98 Å². The molecule has 0 fully saturated rings. The van der Waals surface area contributed by atoms with Crippen LogP contribution < -0.4 is 16.2 Å². The van der Waals surface area contributed by atoms with Crippen molar-refractivity contribution in [2.75, 3.05) is 5.32 Å². The minimum atomic E-state index is -4.89. The van der Waals surface area contributed by atoms with Crippen LogP contribution in [0.25, 0.3) is 0 Å². The van der Waals surface area contributed by atoms with Crippen molar-refractivity contribution >= 4 is 24.0 Å². The lowest BCUT2D eigenvalue weighted by molar-refractivity contribution is -0.138. The number of benzene rings is 2. The highest BCUT2D eigenvalue weighted by molar-refractivity contribution is 6.05. The summed E-state index contributed by atoms with van der Waals surface area (Å²) in [6, 6.07) is 8.96. The van der Waals surface area contributed by atoms with Crippen LogP contribution in [0, 0.1) is 11.8 Å². The van der Waals surface area contributed by atoms with E-state index in [1.807, 2.05) is 5.43 Å². The Hall–Kier alpha value is -4.86. The van der Waals surface area contributed by atoms with E-state index in [0.29, 0.717) is 18.2 Å². The third-order valence-corrected chi connectivity index (χ3v) is 4.59. The minimum Gasteiger partial charge on any atom is -0.307 e. The third kappa shape index (κ3) is 7.07. The Balaban J connectivity index is 2.02. The van der Waals surface area contributed by atoms with Crippen molar-refractivity contribution in [2.45, 2.75) is 12.4 Å². The number of hydrogen-bond donors (Lipinski definition) is 3. The van der Waals surface area contributed by atoms with E-state index in [9.17, 15) is 40.7 Å². The number of hydrogen-bond acceptors (Lipinski definition) is 4. The molecule has 0 atom stereocenters. The molecule has 1 heterocycles. The molecule has 0 aliphatic rings. The average molecular weight is 520 g/mol. The van der Waals surface area contributed by atoms with Crippen molar-refractivity contribution in [1.82, 2.24) is 15.8 Å². The average Bonchev–Trinajstić information content (AvgIpc) is 2.85. The molecule has 3 N–H and O–H groups in total. The van der Waals surface area contributed by atoms with E-state index < -0.39 is 46.4 Å². The number of alkyl halides is 6. The number of rotatable bonds is 5. The number of hydrazine groups is 1. The van der Waals surface area contributed by atoms with E-state index in [2.05, 4.69) is 22.1 Å². The zero-order chi connectivity index (χ0) is 27.2. The van der Waals surface area contributed by atoms with Crippen LogP contribution in [0.5, 0.6) is 0 Å². The largest absolute Gasteiger partial charge is 0.417 e. The molecule has 1 aromatic heterocycles. The first-order valence-electron chi connectivity index (χ1n) is 10.1. The number of nitrogens with zero attached hydrogens (tertiary/aromatic N) is 1. The zero-order valence-corrected chi connectivity index (χ0v) is 18.3. The molecule has 0 unspecified atom stereocenters. The molecule has 2 aromatic carbocycles. The van der Waals surface area contributed by atoms with Crippen LogP contribution in [-0.4, -0.2) is 23.2 Å². The molecule has 0 bridgehead atoms. The zero-order valence-electron chi connectivity index (χ0n) is 18.3. The van der Waals surface area contributed by atoms with Crippen LogP contribution >= 0.6 is 0 Å². The molecule has 37 heavy (non-hydrogen) atoms. The third-order valence-electron chi connectivity index (χ3n) is 4.59. The Kier molecular flexibility index (Phi) is 7.82. The maximum atomic E-state index is 13.5. The van der Waals surface area contributed by atoms with E-state index in [1.165, 1.54) is 24.4 Å². The van der Waals surface area contributed by atoms with Gasteiger partial charge in [0.05, 0.1) is 16.7 Å². The van der Waals surface area contributed by atoms with Gasteiger partial charge in [0.2, 0.25) is 6.41 Å². The molecule has 190 valence electrons. The SMILES string of the molecule is O=CNNC(=O)c1cc(C#Cc2ccc(C(F)(F)F)c(C(=O)Nc3ccccn3)c2)cc(C(F)(F)F)c1. The summed E-state index contributed by atoms with van der Waals surface area (Å²) >= 11 is 0. The van der Waals surface area contributed by atoms with E-state index in [0.717, 1.165) is 18.2 Å². The normalized spacial score (nSPS) is 11.1. The van der Waals surface area contributed by atoms with Crippen LogP contribution in [0.1, 0.15) is 43.0 Å². The molecular formula is C24H14F6N4O3. The van der Waals surface area contributed by atoms with Gasteiger partial charge in [0.15, 0.2) is 0 Å². The van der Waals surface area contributed by atoms with Crippen LogP contribution in [-0.2, 0) is 17.1 Å². The first-order chi connectivity index (χ1) is 17.4. The van der Waals surface area contributed by atoms with Crippen molar-refractivity contribution in [1.29, 1.82) is 0 Å². The lowest BCUT2D eigenvalue weighted by atomic mass is 10.0.